The summed E-state index contributed by atoms with van der Waals surface area (Å²) in [6.45, 7) is 4.56. The number of aryl methyl sites for hydroxylation is 2. The van der Waals surface area contributed by atoms with Crippen molar-refractivity contribution in [2.75, 3.05) is 0 Å². The number of carbonyl (C=O) groups excluding carboxylic acids is 1. The highest BCUT2D eigenvalue weighted by Gasteiger charge is 2.17. The van der Waals surface area contributed by atoms with Gasteiger partial charge in [0.25, 0.3) is 0 Å². The highest BCUT2D eigenvalue weighted by Crippen LogP contribution is 2.28. The van der Waals surface area contributed by atoms with Crippen LogP contribution >= 0.6 is 0 Å². The number of Topliss-reactive ketones (excluding diaryl/α,β-unsaturated/α-hetero) is 1. The summed E-state index contributed by atoms with van der Waals surface area (Å²) in [7, 11) is 0. The van der Waals surface area contributed by atoms with Crippen LogP contribution in [0, 0.1) is 6.92 Å². The Hall–Kier alpha value is -2.61. The van der Waals surface area contributed by atoms with E-state index in [9.17, 15) is 4.79 Å². The molecule has 0 amide bonds. The van der Waals surface area contributed by atoms with Gasteiger partial charge in [-0.1, -0.05) is 60.7 Å². The summed E-state index contributed by atoms with van der Waals surface area (Å²) in [5.41, 5.74) is 5.32. The van der Waals surface area contributed by atoms with Gasteiger partial charge in [0, 0.05) is 29.6 Å². The maximum absolute atomic E-state index is 12.1. The second kappa shape index (κ2) is 6.66. The van der Waals surface area contributed by atoms with E-state index in [2.05, 4.69) is 47.2 Å². The fourth-order valence-electron chi connectivity index (χ4n) is 3.06. The Kier molecular flexibility index (Phi) is 4.42. The molecule has 0 radical (unpaired) electrons. The molecular weight excluding hydrogens is 282 g/mol. The van der Waals surface area contributed by atoms with Crippen LogP contribution in [0.3, 0.4) is 0 Å². The van der Waals surface area contributed by atoms with Crippen LogP contribution in [-0.4, -0.2) is 10.4 Å². The summed E-state index contributed by atoms with van der Waals surface area (Å²) in [5, 5.41) is 0. The maximum atomic E-state index is 12.1. The highest BCUT2D eigenvalue weighted by atomic mass is 16.1. The van der Waals surface area contributed by atoms with Gasteiger partial charge < -0.3 is 4.57 Å². The minimum Gasteiger partial charge on any atom is -0.350 e. The Balaban J connectivity index is 1.94. The number of hydrogen-bond donors (Lipinski definition) is 0. The lowest BCUT2D eigenvalue weighted by atomic mass is 10.0. The molecule has 2 heteroatoms. The molecule has 1 aromatic heterocycles. The number of rotatable bonds is 5. The number of nitrogens with zero attached hydrogens (tertiary/aromatic N) is 1. The van der Waals surface area contributed by atoms with Crippen molar-refractivity contribution in [3.63, 3.8) is 0 Å². The third kappa shape index (κ3) is 3.26. The molecule has 2 nitrogen and oxygen atoms in total. The van der Waals surface area contributed by atoms with Crippen molar-refractivity contribution in [3.8, 4) is 11.1 Å². The van der Waals surface area contributed by atoms with E-state index in [1.807, 2.05) is 31.2 Å². The zero-order chi connectivity index (χ0) is 16.2. The van der Waals surface area contributed by atoms with E-state index in [4.69, 9.17) is 0 Å². The predicted octanol–water partition coefficient (Wildman–Crippen LogP) is 4.91. The Morgan fingerprint density at radius 3 is 2.17 bits per heavy atom. The molecule has 3 rings (SSSR count). The Morgan fingerprint density at radius 1 is 0.957 bits per heavy atom. The van der Waals surface area contributed by atoms with Crippen LogP contribution in [-0.2, 0) is 13.0 Å². The van der Waals surface area contributed by atoms with E-state index in [1.54, 1.807) is 6.92 Å². The third-order valence-corrected chi connectivity index (χ3v) is 4.27. The molecule has 3 aromatic rings. The molecule has 1 heterocycles. The van der Waals surface area contributed by atoms with E-state index in [1.165, 1.54) is 5.56 Å². The van der Waals surface area contributed by atoms with E-state index in [0.29, 0.717) is 0 Å². The average Bonchev–Trinajstić information content (AvgIpc) is 2.91. The lowest BCUT2D eigenvalue weighted by Gasteiger charge is -2.06. The molecule has 116 valence electrons. The first-order chi connectivity index (χ1) is 11.2. The fourth-order valence-corrected chi connectivity index (χ4v) is 3.06. The summed E-state index contributed by atoms with van der Waals surface area (Å²) in [6, 6.07) is 20.6. The Bertz CT molecular complexity index is 801. The smallest absolute Gasteiger partial charge is 0.162 e. The number of ketones is 1. The molecule has 23 heavy (non-hydrogen) atoms. The summed E-state index contributed by atoms with van der Waals surface area (Å²) < 4.78 is 2.20. The number of benzene rings is 2. The van der Waals surface area contributed by atoms with Gasteiger partial charge in [0.2, 0.25) is 0 Å². The second-order valence-corrected chi connectivity index (χ2v) is 5.85. The largest absolute Gasteiger partial charge is 0.350 e. The summed E-state index contributed by atoms with van der Waals surface area (Å²) in [4.78, 5) is 12.1. The third-order valence-electron chi connectivity index (χ3n) is 4.27. The van der Waals surface area contributed by atoms with Crippen molar-refractivity contribution in [1.29, 1.82) is 0 Å². The van der Waals surface area contributed by atoms with Gasteiger partial charge in [-0.3, -0.25) is 4.79 Å². The zero-order valence-corrected chi connectivity index (χ0v) is 13.6. The SMILES string of the molecule is CC(=O)c1c(-c2ccccc2)cn(CCc2ccccc2)c1C. The van der Waals surface area contributed by atoms with Gasteiger partial charge in [-0.2, -0.15) is 0 Å². The molecule has 0 spiro atoms. The number of hydrogen-bond acceptors (Lipinski definition) is 1. The first-order valence-corrected chi connectivity index (χ1v) is 7.97. The zero-order valence-electron chi connectivity index (χ0n) is 13.6. The summed E-state index contributed by atoms with van der Waals surface area (Å²) in [6.07, 6.45) is 3.08. The number of carbonyl (C=O) groups is 1. The van der Waals surface area contributed by atoms with E-state index >= 15 is 0 Å². The lowest BCUT2D eigenvalue weighted by molar-refractivity contribution is 0.101. The van der Waals surface area contributed by atoms with Gasteiger partial charge in [-0.05, 0) is 31.4 Å². The lowest BCUT2D eigenvalue weighted by Crippen LogP contribution is -2.04. The van der Waals surface area contributed by atoms with Crippen LogP contribution < -0.4 is 0 Å². The van der Waals surface area contributed by atoms with E-state index < -0.39 is 0 Å². The minimum absolute atomic E-state index is 0.125. The van der Waals surface area contributed by atoms with Crippen LogP contribution in [0.1, 0.15) is 28.5 Å². The van der Waals surface area contributed by atoms with Crippen molar-refractivity contribution in [3.05, 3.63) is 83.7 Å². The van der Waals surface area contributed by atoms with Gasteiger partial charge in [0.1, 0.15) is 0 Å². The Morgan fingerprint density at radius 2 is 1.57 bits per heavy atom. The first-order valence-electron chi connectivity index (χ1n) is 7.97. The molecule has 0 N–H and O–H groups in total. The summed E-state index contributed by atoms with van der Waals surface area (Å²) in [5.74, 6) is 0.125. The topological polar surface area (TPSA) is 22.0 Å². The van der Waals surface area contributed by atoms with Crippen LogP contribution in [0.4, 0.5) is 0 Å². The quantitative estimate of drug-likeness (QED) is 0.614. The molecule has 0 unspecified atom stereocenters. The van der Waals surface area contributed by atoms with Gasteiger partial charge in [-0.25, -0.2) is 0 Å². The van der Waals surface area contributed by atoms with Gasteiger partial charge in [0.15, 0.2) is 5.78 Å². The minimum atomic E-state index is 0.125. The van der Waals surface area contributed by atoms with Gasteiger partial charge >= 0.3 is 0 Å². The second-order valence-electron chi connectivity index (χ2n) is 5.85. The average molecular weight is 303 g/mol. The molecule has 0 bridgehead atoms. The molecule has 0 saturated carbocycles. The van der Waals surface area contributed by atoms with E-state index in [-0.39, 0.29) is 5.78 Å². The van der Waals surface area contributed by atoms with Crippen molar-refractivity contribution >= 4 is 5.78 Å². The van der Waals surface area contributed by atoms with Crippen LogP contribution in [0.25, 0.3) is 11.1 Å². The fraction of sp³-hybridized carbons (Fsp3) is 0.190. The first kappa shape index (κ1) is 15.3. The van der Waals surface area contributed by atoms with Crippen molar-refractivity contribution < 1.29 is 4.79 Å². The van der Waals surface area contributed by atoms with Gasteiger partial charge in [0.05, 0.1) is 0 Å². The monoisotopic (exact) mass is 303 g/mol. The molecule has 0 aliphatic carbocycles. The molecular formula is C21H21NO. The van der Waals surface area contributed by atoms with Crippen molar-refractivity contribution in [2.24, 2.45) is 0 Å². The van der Waals surface area contributed by atoms with Crippen LogP contribution in [0.15, 0.2) is 66.9 Å². The highest BCUT2D eigenvalue weighted by molar-refractivity contribution is 6.02. The Labute approximate surface area is 137 Å². The maximum Gasteiger partial charge on any atom is 0.162 e. The molecule has 0 saturated heterocycles. The van der Waals surface area contributed by atoms with E-state index in [0.717, 1.165) is 35.3 Å². The van der Waals surface area contributed by atoms with Gasteiger partial charge in [-0.15, -0.1) is 0 Å². The molecule has 0 aliphatic rings. The number of aromatic nitrogens is 1. The standard InChI is InChI=1S/C21H21NO/c1-16-21(17(2)23)20(19-11-7-4-8-12-19)15-22(16)14-13-18-9-5-3-6-10-18/h3-12,15H,13-14H2,1-2H3. The molecule has 2 aromatic carbocycles. The van der Waals surface area contributed by atoms with Crippen LogP contribution in [0.5, 0.6) is 0 Å². The van der Waals surface area contributed by atoms with Crippen molar-refractivity contribution in [2.45, 2.75) is 26.8 Å². The molecule has 0 atom stereocenters. The summed E-state index contributed by atoms with van der Waals surface area (Å²) >= 11 is 0. The van der Waals surface area contributed by atoms with Crippen molar-refractivity contribution in [1.82, 2.24) is 4.57 Å². The molecule has 0 aliphatic heterocycles. The van der Waals surface area contributed by atoms with Crippen LogP contribution in [0.2, 0.25) is 0 Å². The molecule has 0 fully saturated rings. The normalized spacial score (nSPS) is 10.7. The predicted molar refractivity (Wildman–Crippen MR) is 94.8 cm³/mol.